The maximum absolute atomic E-state index is 11.7. The topological polar surface area (TPSA) is 87.4 Å². The summed E-state index contributed by atoms with van der Waals surface area (Å²) in [5.74, 6) is 0.789. The van der Waals surface area contributed by atoms with Gasteiger partial charge in [-0.05, 0) is 52.1 Å². The molecule has 0 aliphatic carbocycles. The van der Waals surface area contributed by atoms with Gasteiger partial charge in [0.15, 0.2) is 0 Å². The van der Waals surface area contributed by atoms with Crippen LogP contribution in [0.1, 0.15) is 45.4 Å². The van der Waals surface area contributed by atoms with E-state index in [2.05, 4.69) is 32.0 Å². The zero-order valence-electron chi connectivity index (χ0n) is 15.0. The van der Waals surface area contributed by atoms with Crippen LogP contribution in [0.2, 0.25) is 0 Å². The molecular weight excluding hydrogens is 320 g/mol. The van der Waals surface area contributed by atoms with Gasteiger partial charge in [-0.1, -0.05) is 6.42 Å². The summed E-state index contributed by atoms with van der Waals surface area (Å²) in [5, 5.41) is 14.9. The highest BCUT2D eigenvalue weighted by Gasteiger charge is 2.30. The van der Waals surface area contributed by atoms with Crippen LogP contribution in [0.5, 0.6) is 0 Å². The Kier molecular flexibility index (Phi) is 6.01. The monoisotopic (exact) mass is 348 g/mol. The molecule has 0 aromatic carbocycles. The predicted molar refractivity (Wildman–Crippen MR) is 98.1 cm³/mol. The molecule has 1 atom stereocenters. The number of nitro groups is 1. The van der Waals surface area contributed by atoms with Crippen LogP contribution in [0.15, 0.2) is 6.33 Å². The third-order valence-corrected chi connectivity index (χ3v) is 5.23. The van der Waals surface area contributed by atoms with Gasteiger partial charge in [-0.3, -0.25) is 10.1 Å². The van der Waals surface area contributed by atoms with Gasteiger partial charge in [-0.15, -0.1) is 0 Å². The van der Waals surface area contributed by atoms with Gasteiger partial charge in [0, 0.05) is 25.7 Å². The summed E-state index contributed by atoms with van der Waals surface area (Å²) < 4.78 is 0. The highest BCUT2D eigenvalue weighted by atomic mass is 16.6. The fraction of sp³-hybridized carbons (Fsp3) is 0.765. The van der Waals surface area contributed by atoms with Crippen molar-refractivity contribution in [3.8, 4) is 0 Å². The molecule has 25 heavy (non-hydrogen) atoms. The van der Waals surface area contributed by atoms with Gasteiger partial charge < -0.3 is 15.1 Å². The van der Waals surface area contributed by atoms with Crippen molar-refractivity contribution >= 4 is 17.3 Å². The molecule has 0 radical (unpaired) electrons. The first-order chi connectivity index (χ1) is 12.2. The molecule has 8 heteroatoms. The Morgan fingerprint density at radius 1 is 1.20 bits per heavy atom. The minimum absolute atomic E-state index is 0.00916. The molecule has 1 aromatic heterocycles. The van der Waals surface area contributed by atoms with Crippen molar-refractivity contribution in [1.29, 1.82) is 0 Å². The van der Waals surface area contributed by atoms with Crippen molar-refractivity contribution in [1.82, 2.24) is 14.9 Å². The smallest absolute Gasteiger partial charge is 0.353 e. The van der Waals surface area contributed by atoms with E-state index in [9.17, 15) is 10.1 Å². The van der Waals surface area contributed by atoms with E-state index in [1.807, 2.05) is 0 Å². The lowest BCUT2D eigenvalue weighted by Gasteiger charge is -2.34. The third-order valence-electron chi connectivity index (χ3n) is 5.23. The Morgan fingerprint density at radius 2 is 1.96 bits per heavy atom. The quantitative estimate of drug-likeness (QED) is 0.624. The second-order valence-electron chi connectivity index (χ2n) is 7.02. The van der Waals surface area contributed by atoms with Crippen LogP contribution in [-0.4, -0.2) is 58.6 Å². The van der Waals surface area contributed by atoms with Crippen molar-refractivity contribution in [2.24, 2.45) is 0 Å². The molecule has 0 saturated carbocycles. The number of rotatable bonds is 6. The third kappa shape index (κ3) is 4.36. The van der Waals surface area contributed by atoms with Crippen LogP contribution in [0.25, 0.3) is 0 Å². The van der Waals surface area contributed by atoms with Gasteiger partial charge in [0.2, 0.25) is 11.6 Å². The van der Waals surface area contributed by atoms with Crippen LogP contribution >= 0.6 is 0 Å². The number of likely N-dealkylation sites (tertiary alicyclic amines) is 1. The van der Waals surface area contributed by atoms with E-state index in [1.54, 1.807) is 0 Å². The Balaban J connectivity index is 1.72. The maximum Gasteiger partial charge on any atom is 0.353 e. The summed E-state index contributed by atoms with van der Waals surface area (Å²) in [4.78, 5) is 24.2. The normalized spacial score (nSPS) is 22.0. The Hall–Kier alpha value is -1.96. The molecular formula is C17H28N6O2. The standard InChI is InChI=1S/C17H28N6O2/c1-14-7-3-6-11-22(14)17-15(23(24)25)16(19-13-20-17)18-8-12-21-9-4-2-5-10-21/h13-14H,2-12H2,1H3,(H,18,19,20). The molecule has 1 N–H and O–H groups in total. The van der Waals surface area contributed by atoms with Crippen molar-refractivity contribution in [3.05, 3.63) is 16.4 Å². The number of nitrogens with zero attached hydrogens (tertiary/aromatic N) is 5. The lowest BCUT2D eigenvalue weighted by molar-refractivity contribution is -0.383. The molecule has 0 spiro atoms. The zero-order chi connectivity index (χ0) is 17.6. The first kappa shape index (κ1) is 17.8. The van der Waals surface area contributed by atoms with Crippen LogP contribution in [0, 0.1) is 10.1 Å². The number of nitrogens with one attached hydrogen (secondary N) is 1. The van der Waals surface area contributed by atoms with Crippen LogP contribution < -0.4 is 10.2 Å². The van der Waals surface area contributed by atoms with Crippen molar-refractivity contribution in [3.63, 3.8) is 0 Å². The fourth-order valence-corrected chi connectivity index (χ4v) is 3.81. The minimum Gasteiger partial charge on any atom is -0.363 e. The van der Waals surface area contributed by atoms with Gasteiger partial charge in [0.05, 0.1) is 4.92 Å². The van der Waals surface area contributed by atoms with E-state index in [0.29, 0.717) is 18.2 Å². The van der Waals surface area contributed by atoms with E-state index < -0.39 is 0 Å². The Bertz CT molecular complexity index is 591. The molecule has 3 rings (SSSR count). The average molecular weight is 348 g/mol. The summed E-state index contributed by atoms with van der Waals surface area (Å²) in [7, 11) is 0. The molecule has 2 fully saturated rings. The van der Waals surface area contributed by atoms with Gasteiger partial charge >= 0.3 is 5.69 Å². The summed E-state index contributed by atoms with van der Waals surface area (Å²) in [6, 6.07) is 0.267. The van der Waals surface area contributed by atoms with Crippen molar-refractivity contribution in [2.45, 2.75) is 51.5 Å². The van der Waals surface area contributed by atoms with Gasteiger partial charge in [0.1, 0.15) is 6.33 Å². The van der Waals surface area contributed by atoms with Crippen LogP contribution in [0.3, 0.4) is 0 Å². The molecule has 2 aliphatic rings. The molecule has 2 aliphatic heterocycles. The van der Waals surface area contributed by atoms with Gasteiger partial charge in [-0.25, -0.2) is 9.97 Å². The molecule has 0 amide bonds. The molecule has 1 aromatic rings. The molecule has 1 unspecified atom stereocenters. The van der Waals surface area contributed by atoms with E-state index >= 15 is 0 Å². The number of anilines is 2. The van der Waals surface area contributed by atoms with Crippen molar-refractivity contribution in [2.75, 3.05) is 42.9 Å². The first-order valence-electron chi connectivity index (χ1n) is 9.39. The number of hydrogen-bond acceptors (Lipinski definition) is 7. The minimum atomic E-state index is -0.347. The van der Waals surface area contributed by atoms with E-state index in [-0.39, 0.29) is 16.7 Å². The second-order valence-corrected chi connectivity index (χ2v) is 7.02. The predicted octanol–water partition coefficient (Wildman–Crippen LogP) is 2.66. The summed E-state index contributed by atoms with van der Waals surface area (Å²) >= 11 is 0. The van der Waals surface area contributed by atoms with Crippen LogP contribution in [0.4, 0.5) is 17.3 Å². The lowest BCUT2D eigenvalue weighted by Crippen LogP contribution is -2.38. The number of aromatic nitrogens is 2. The van der Waals surface area contributed by atoms with E-state index in [4.69, 9.17) is 0 Å². The highest BCUT2D eigenvalue weighted by Crippen LogP contribution is 2.34. The van der Waals surface area contributed by atoms with E-state index in [0.717, 1.165) is 45.4 Å². The van der Waals surface area contributed by atoms with E-state index in [1.165, 1.54) is 25.6 Å². The summed E-state index contributed by atoms with van der Waals surface area (Å²) in [6.45, 7) is 6.69. The highest BCUT2D eigenvalue weighted by molar-refractivity contribution is 5.70. The molecule has 8 nitrogen and oxygen atoms in total. The maximum atomic E-state index is 11.7. The summed E-state index contributed by atoms with van der Waals surface area (Å²) in [6.07, 6.45) is 8.47. The Morgan fingerprint density at radius 3 is 2.68 bits per heavy atom. The second kappa shape index (κ2) is 8.42. The number of hydrogen-bond donors (Lipinski definition) is 1. The first-order valence-corrected chi connectivity index (χ1v) is 9.39. The molecule has 138 valence electrons. The van der Waals surface area contributed by atoms with Gasteiger partial charge in [0.25, 0.3) is 0 Å². The van der Waals surface area contributed by atoms with Crippen molar-refractivity contribution < 1.29 is 4.92 Å². The molecule has 2 saturated heterocycles. The molecule has 0 bridgehead atoms. The van der Waals surface area contributed by atoms with Crippen LogP contribution in [-0.2, 0) is 0 Å². The number of piperidine rings is 2. The van der Waals surface area contributed by atoms with Gasteiger partial charge in [-0.2, -0.15) is 0 Å². The average Bonchev–Trinajstić information content (AvgIpc) is 2.62. The zero-order valence-corrected chi connectivity index (χ0v) is 15.0. The molecule has 3 heterocycles. The fourth-order valence-electron chi connectivity index (χ4n) is 3.81. The lowest BCUT2D eigenvalue weighted by atomic mass is 10.0. The SMILES string of the molecule is CC1CCCCN1c1ncnc(NCCN2CCCCC2)c1[N+](=O)[O-]. The largest absolute Gasteiger partial charge is 0.363 e. The Labute approximate surface area is 148 Å². The summed E-state index contributed by atoms with van der Waals surface area (Å²) in [5.41, 5.74) is 0.00916.